The third-order valence-electron chi connectivity index (χ3n) is 3.72. The van der Waals surface area contributed by atoms with E-state index in [1.165, 1.54) is 5.56 Å². The van der Waals surface area contributed by atoms with Gasteiger partial charge in [-0.05, 0) is 31.7 Å². The number of ketones is 1. The summed E-state index contributed by atoms with van der Waals surface area (Å²) in [5, 5.41) is 0. The molecule has 1 aliphatic heterocycles. The van der Waals surface area contributed by atoms with Crippen molar-refractivity contribution in [1.82, 2.24) is 0 Å². The van der Waals surface area contributed by atoms with Gasteiger partial charge in [0.05, 0.1) is 6.10 Å². The van der Waals surface area contributed by atoms with Crippen molar-refractivity contribution in [2.75, 3.05) is 0 Å². The zero-order valence-electron chi connectivity index (χ0n) is 10.8. The van der Waals surface area contributed by atoms with Crippen LogP contribution in [-0.4, -0.2) is 23.8 Å². The molecule has 2 fully saturated rings. The molecule has 0 bridgehead atoms. The van der Waals surface area contributed by atoms with Gasteiger partial charge >= 0.3 is 0 Å². The Bertz CT molecular complexity index is 452. The molecule has 0 radical (unpaired) electrons. The molecule has 1 aromatic rings. The van der Waals surface area contributed by atoms with E-state index in [0.717, 1.165) is 6.42 Å². The molecule has 1 heterocycles. The first-order valence-corrected chi connectivity index (χ1v) is 6.47. The Balaban J connectivity index is 1.76. The summed E-state index contributed by atoms with van der Waals surface area (Å²) in [6, 6.07) is 10.3. The SMILES string of the molecule is CC1(C)O[C@@H]2[C@@H](Cc3ccccc3)CC(=O)[C@@H]2O1. The normalized spacial score (nSPS) is 33.7. The predicted molar refractivity (Wildman–Crippen MR) is 67.1 cm³/mol. The van der Waals surface area contributed by atoms with Crippen molar-refractivity contribution in [3.05, 3.63) is 35.9 Å². The van der Waals surface area contributed by atoms with Crippen LogP contribution in [0.25, 0.3) is 0 Å². The van der Waals surface area contributed by atoms with Gasteiger partial charge in [-0.1, -0.05) is 30.3 Å². The van der Waals surface area contributed by atoms with Gasteiger partial charge < -0.3 is 9.47 Å². The van der Waals surface area contributed by atoms with Gasteiger partial charge in [-0.2, -0.15) is 0 Å². The molecule has 0 spiro atoms. The van der Waals surface area contributed by atoms with Crippen molar-refractivity contribution in [3.63, 3.8) is 0 Å². The van der Waals surface area contributed by atoms with Crippen LogP contribution in [0.2, 0.25) is 0 Å². The van der Waals surface area contributed by atoms with Gasteiger partial charge in [-0.25, -0.2) is 0 Å². The van der Waals surface area contributed by atoms with Gasteiger partial charge in [-0.3, -0.25) is 4.79 Å². The van der Waals surface area contributed by atoms with E-state index in [-0.39, 0.29) is 23.9 Å². The lowest BCUT2D eigenvalue weighted by atomic mass is 9.96. The van der Waals surface area contributed by atoms with Crippen molar-refractivity contribution in [2.45, 2.75) is 44.7 Å². The van der Waals surface area contributed by atoms with E-state index in [1.807, 2.05) is 32.0 Å². The summed E-state index contributed by atoms with van der Waals surface area (Å²) in [4.78, 5) is 11.9. The van der Waals surface area contributed by atoms with Gasteiger partial charge in [-0.15, -0.1) is 0 Å². The number of carbonyl (C=O) groups excluding carboxylic acids is 1. The summed E-state index contributed by atoms with van der Waals surface area (Å²) in [7, 11) is 0. The standard InChI is InChI=1S/C15H18O3/c1-15(2)17-13-11(9-12(16)14(13)18-15)8-10-6-4-3-5-7-10/h3-7,11,13-14H,8-9H2,1-2H3/t11-,13+,14-/m0/s1. The first-order chi connectivity index (χ1) is 8.55. The van der Waals surface area contributed by atoms with Crippen LogP contribution in [0.3, 0.4) is 0 Å². The summed E-state index contributed by atoms with van der Waals surface area (Å²) in [5.41, 5.74) is 1.25. The summed E-state index contributed by atoms with van der Waals surface area (Å²) >= 11 is 0. The topological polar surface area (TPSA) is 35.5 Å². The number of carbonyl (C=O) groups is 1. The molecule has 3 nitrogen and oxygen atoms in total. The smallest absolute Gasteiger partial charge is 0.164 e. The highest BCUT2D eigenvalue weighted by molar-refractivity contribution is 5.87. The average molecular weight is 246 g/mol. The van der Waals surface area contributed by atoms with Gasteiger partial charge in [0.2, 0.25) is 0 Å². The Morgan fingerprint density at radius 2 is 1.94 bits per heavy atom. The lowest BCUT2D eigenvalue weighted by molar-refractivity contribution is -0.162. The number of rotatable bonds is 2. The van der Waals surface area contributed by atoms with Gasteiger partial charge in [0, 0.05) is 6.42 Å². The summed E-state index contributed by atoms with van der Waals surface area (Å²) in [5.74, 6) is -0.196. The zero-order chi connectivity index (χ0) is 12.8. The number of fused-ring (bicyclic) bond motifs is 1. The molecule has 0 aromatic heterocycles. The fourth-order valence-corrected chi connectivity index (χ4v) is 2.98. The fraction of sp³-hybridized carbons (Fsp3) is 0.533. The van der Waals surface area contributed by atoms with Crippen LogP contribution in [0.4, 0.5) is 0 Å². The lowest BCUT2D eigenvalue weighted by Gasteiger charge is -2.21. The van der Waals surface area contributed by atoms with Crippen molar-refractivity contribution in [3.8, 4) is 0 Å². The maximum atomic E-state index is 11.9. The molecular weight excluding hydrogens is 228 g/mol. The zero-order valence-corrected chi connectivity index (χ0v) is 10.8. The highest BCUT2D eigenvalue weighted by Crippen LogP contribution is 2.40. The van der Waals surface area contributed by atoms with E-state index in [9.17, 15) is 4.79 Å². The fourth-order valence-electron chi connectivity index (χ4n) is 2.98. The second kappa shape index (κ2) is 4.18. The second-order valence-electron chi connectivity index (χ2n) is 5.64. The number of Topliss-reactive ketones (excluding diaryl/α,β-unsaturated/α-hetero) is 1. The van der Waals surface area contributed by atoms with Gasteiger partial charge in [0.1, 0.15) is 6.10 Å². The van der Waals surface area contributed by atoms with Crippen molar-refractivity contribution in [1.29, 1.82) is 0 Å². The van der Waals surface area contributed by atoms with E-state index in [2.05, 4.69) is 12.1 Å². The minimum atomic E-state index is -0.625. The van der Waals surface area contributed by atoms with Crippen LogP contribution in [-0.2, 0) is 20.7 Å². The third-order valence-corrected chi connectivity index (χ3v) is 3.72. The molecule has 0 unspecified atom stereocenters. The number of hydrogen-bond donors (Lipinski definition) is 0. The molecule has 0 amide bonds. The van der Waals surface area contributed by atoms with E-state index in [1.54, 1.807) is 0 Å². The van der Waals surface area contributed by atoms with Gasteiger partial charge in [0.25, 0.3) is 0 Å². The quantitative estimate of drug-likeness (QED) is 0.803. The molecule has 3 heteroatoms. The highest BCUT2D eigenvalue weighted by atomic mass is 16.8. The molecule has 0 N–H and O–H groups in total. The van der Waals surface area contributed by atoms with Gasteiger partial charge in [0.15, 0.2) is 11.6 Å². The minimum Gasteiger partial charge on any atom is -0.344 e. The lowest BCUT2D eigenvalue weighted by Crippen LogP contribution is -2.26. The Morgan fingerprint density at radius 3 is 2.67 bits per heavy atom. The first kappa shape index (κ1) is 11.9. The van der Waals surface area contributed by atoms with Crippen LogP contribution in [0, 0.1) is 5.92 Å². The molecule has 18 heavy (non-hydrogen) atoms. The number of benzene rings is 1. The summed E-state index contributed by atoms with van der Waals surface area (Å²) < 4.78 is 11.6. The van der Waals surface area contributed by atoms with Crippen LogP contribution >= 0.6 is 0 Å². The molecule has 1 aromatic carbocycles. The molecule has 96 valence electrons. The Hall–Kier alpha value is -1.19. The monoisotopic (exact) mass is 246 g/mol. The second-order valence-corrected chi connectivity index (χ2v) is 5.64. The average Bonchev–Trinajstić information content (AvgIpc) is 2.77. The summed E-state index contributed by atoms with van der Waals surface area (Å²) in [6.07, 6.45) is 1.02. The molecular formula is C15H18O3. The Morgan fingerprint density at radius 1 is 1.22 bits per heavy atom. The van der Waals surface area contributed by atoms with E-state index >= 15 is 0 Å². The number of ether oxygens (including phenoxy) is 2. The van der Waals surface area contributed by atoms with Crippen molar-refractivity contribution >= 4 is 5.78 Å². The van der Waals surface area contributed by atoms with Crippen LogP contribution in [0.1, 0.15) is 25.8 Å². The van der Waals surface area contributed by atoms with Crippen molar-refractivity contribution in [2.24, 2.45) is 5.92 Å². The predicted octanol–water partition coefficient (Wildman–Crippen LogP) is 2.34. The largest absolute Gasteiger partial charge is 0.344 e. The van der Waals surface area contributed by atoms with Crippen molar-refractivity contribution < 1.29 is 14.3 Å². The van der Waals surface area contributed by atoms with Crippen LogP contribution in [0.15, 0.2) is 30.3 Å². The third kappa shape index (κ3) is 2.08. The molecule has 2 aliphatic rings. The maximum Gasteiger partial charge on any atom is 0.164 e. The molecule has 1 aliphatic carbocycles. The number of hydrogen-bond acceptors (Lipinski definition) is 3. The molecule has 1 saturated heterocycles. The minimum absolute atomic E-state index is 0.0762. The van der Waals surface area contributed by atoms with Crippen LogP contribution in [0.5, 0.6) is 0 Å². The van der Waals surface area contributed by atoms with E-state index < -0.39 is 5.79 Å². The first-order valence-electron chi connectivity index (χ1n) is 6.47. The Labute approximate surface area is 107 Å². The maximum absolute atomic E-state index is 11.9. The highest BCUT2D eigenvalue weighted by Gasteiger charge is 2.53. The summed E-state index contributed by atoms with van der Waals surface area (Å²) in [6.45, 7) is 3.75. The Kier molecular flexibility index (Phi) is 2.76. The van der Waals surface area contributed by atoms with Crippen LogP contribution < -0.4 is 0 Å². The molecule has 3 rings (SSSR count). The molecule has 1 saturated carbocycles. The molecule has 3 atom stereocenters. The van der Waals surface area contributed by atoms with E-state index in [0.29, 0.717) is 6.42 Å². The van der Waals surface area contributed by atoms with E-state index in [4.69, 9.17) is 9.47 Å².